The number of aryl methyl sites for hydroxylation is 3. The Hall–Kier alpha value is -1.83. The summed E-state index contributed by atoms with van der Waals surface area (Å²) < 4.78 is 12.9. The molecule has 2 aromatic heterocycles. The van der Waals surface area contributed by atoms with Gasteiger partial charge in [0.1, 0.15) is 10.6 Å². The van der Waals surface area contributed by atoms with Gasteiger partial charge in [-0.3, -0.25) is 9.36 Å². The lowest BCUT2D eigenvalue weighted by Gasteiger charge is -2.13. The topological polar surface area (TPSA) is 53.4 Å². The summed E-state index contributed by atoms with van der Waals surface area (Å²) >= 11 is 3.27. The van der Waals surface area contributed by atoms with E-state index in [0.717, 1.165) is 51.7 Å². The fourth-order valence-electron chi connectivity index (χ4n) is 3.71. The molecule has 1 aliphatic rings. The molecule has 29 heavy (non-hydrogen) atoms. The van der Waals surface area contributed by atoms with E-state index in [9.17, 15) is 4.79 Å². The van der Waals surface area contributed by atoms with Gasteiger partial charge in [-0.1, -0.05) is 30.0 Å². The third kappa shape index (κ3) is 4.37. The Balaban J connectivity index is 1.57. The highest BCUT2D eigenvalue weighted by atomic mass is 32.2. The summed E-state index contributed by atoms with van der Waals surface area (Å²) in [6.45, 7) is 3.62. The Morgan fingerprint density at radius 2 is 2.03 bits per heavy atom. The molecule has 0 bridgehead atoms. The van der Waals surface area contributed by atoms with Crippen LogP contribution in [0.2, 0.25) is 0 Å². The third-order valence-electron chi connectivity index (χ3n) is 5.22. The molecular weight excluding hydrogens is 404 g/mol. The first kappa shape index (κ1) is 20.4. The molecule has 4 rings (SSSR count). The maximum absolute atomic E-state index is 13.3. The lowest BCUT2D eigenvalue weighted by Crippen LogP contribution is -2.25. The summed E-state index contributed by atoms with van der Waals surface area (Å²) in [4.78, 5) is 20.4. The minimum Gasteiger partial charge on any atom is -0.492 e. The molecule has 0 saturated heterocycles. The molecule has 2 heterocycles. The molecule has 0 saturated carbocycles. The zero-order chi connectivity index (χ0) is 20.2. The Morgan fingerprint density at radius 3 is 2.86 bits per heavy atom. The molecule has 154 valence electrons. The summed E-state index contributed by atoms with van der Waals surface area (Å²) in [5, 5.41) is 1.59. The molecule has 3 aromatic rings. The van der Waals surface area contributed by atoms with Crippen molar-refractivity contribution in [3.8, 4) is 5.75 Å². The molecule has 1 aliphatic carbocycles. The van der Waals surface area contributed by atoms with Crippen LogP contribution in [0.5, 0.6) is 5.75 Å². The highest BCUT2D eigenvalue weighted by molar-refractivity contribution is 7.99. The molecule has 0 unspecified atom stereocenters. The molecule has 5 nitrogen and oxygen atoms in total. The van der Waals surface area contributed by atoms with Gasteiger partial charge in [-0.15, -0.1) is 11.3 Å². The molecule has 0 N–H and O–H groups in total. The number of nitrogens with zero attached hydrogens (tertiary/aromatic N) is 2. The molecule has 0 spiro atoms. The second kappa shape index (κ2) is 9.32. The predicted octanol–water partition coefficient (Wildman–Crippen LogP) is 4.46. The number of fused-ring (bicyclic) bond motifs is 3. The molecule has 0 atom stereocenters. The van der Waals surface area contributed by atoms with E-state index in [1.165, 1.54) is 16.9 Å². The van der Waals surface area contributed by atoms with Crippen LogP contribution in [0.25, 0.3) is 10.2 Å². The van der Waals surface area contributed by atoms with Gasteiger partial charge < -0.3 is 9.47 Å². The molecule has 0 radical (unpaired) electrons. The number of aromatic nitrogens is 2. The quantitative estimate of drug-likeness (QED) is 0.300. The number of methoxy groups -OCH3 is 1. The van der Waals surface area contributed by atoms with Gasteiger partial charge in [0, 0.05) is 17.7 Å². The molecule has 0 aliphatic heterocycles. The second-order valence-electron chi connectivity index (χ2n) is 7.20. The maximum atomic E-state index is 13.3. The van der Waals surface area contributed by atoms with Crippen LogP contribution in [0.15, 0.2) is 34.2 Å². The average Bonchev–Trinajstić information content (AvgIpc) is 3.10. The third-order valence-corrected chi connectivity index (χ3v) is 7.35. The highest BCUT2D eigenvalue weighted by Crippen LogP contribution is 2.34. The van der Waals surface area contributed by atoms with Crippen molar-refractivity contribution in [2.24, 2.45) is 0 Å². The van der Waals surface area contributed by atoms with Crippen LogP contribution in [0.1, 0.15) is 28.8 Å². The van der Waals surface area contributed by atoms with Gasteiger partial charge in [-0.05, 0) is 49.8 Å². The first-order valence-electron chi connectivity index (χ1n) is 10.0. The summed E-state index contributed by atoms with van der Waals surface area (Å²) in [5.41, 5.74) is 2.44. The second-order valence-corrected chi connectivity index (χ2v) is 9.34. The summed E-state index contributed by atoms with van der Waals surface area (Å²) in [7, 11) is 1.66. The normalized spacial score (nSPS) is 13.6. The van der Waals surface area contributed by atoms with Crippen LogP contribution < -0.4 is 10.3 Å². The lowest BCUT2D eigenvalue weighted by atomic mass is 9.97. The number of thioether (sulfide) groups is 1. The van der Waals surface area contributed by atoms with E-state index in [1.54, 1.807) is 34.8 Å². The van der Waals surface area contributed by atoms with Crippen molar-refractivity contribution in [3.05, 3.63) is 50.6 Å². The van der Waals surface area contributed by atoms with Gasteiger partial charge in [0.25, 0.3) is 5.56 Å². The molecule has 7 heteroatoms. The van der Waals surface area contributed by atoms with Crippen molar-refractivity contribution in [1.82, 2.24) is 9.55 Å². The van der Waals surface area contributed by atoms with Crippen molar-refractivity contribution in [3.63, 3.8) is 0 Å². The van der Waals surface area contributed by atoms with Crippen molar-refractivity contribution >= 4 is 33.3 Å². The fourth-order valence-corrected chi connectivity index (χ4v) is 5.86. The van der Waals surface area contributed by atoms with Crippen LogP contribution in [-0.4, -0.2) is 35.6 Å². The average molecular weight is 431 g/mol. The number of rotatable bonds is 8. The summed E-state index contributed by atoms with van der Waals surface area (Å²) in [6, 6.07) is 8.01. The molecule has 0 fully saturated rings. The van der Waals surface area contributed by atoms with E-state index >= 15 is 0 Å². The van der Waals surface area contributed by atoms with E-state index in [4.69, 9.17) is 14.5 Å². The first-order chi connectivity index (χ1) is 14.2. The smallest absolute Gasteiger partial charge is 0.263 e. The number of hydrogen-bond acceptors (Lipinski definition) is 6. The van der Waals surface area contributed by atoms with Crippen LogP contribution in [0, 0.1) is 6.92 Å². The van der Waals surface area contributed by atoms with E-state index in [2.05, 4.69) is 0 Å². The molecule has 1 aromatic carbocycles. The van der Waals surface area contributed by atoms with Gasteiger partial charge in [-0.25, -0.2) is 4.98 Å². The summed E-state index contributed by atoms with van der Waals surface area (Å²) in [5.74, 6) is 1.63. The zero-order valence-corrected chi connectivity index (χ0v) is 18.5. The number of thiophene rings is 1. The Kier molecular flexibility index (Phi) is 6.57. The van der Waals surface area contributed by atoms with Gasteiger partial charge in [0.15, 0.2) is 5.16 Å². The van der Waals surface area contributed by atoms with Crippen LogP contribution in [-0.2, 0) is 24.1 Å². The van der Waals surface area contributed by atoms with Crippen molar-refractivity contribution in [1.29, 1.82) is 0 Å². The van der Waals surface area contributed by atoms with Crippen LogP contribution >= 0.6 is 23.1 Å². The van der Waals surface area contributed by atoms with Gasteiger partial charge in [0.05, 0.1) is 25.1 Å². The number of ether oxygens (including phenoxy) is 2. The number of para-hydroxylation sites is 1. The van der Waals surface area contributed by atoms with E-state index < -0.39 is 0 Å². The highest BCUT2D eigenvalue weighted by Gasteiger charge is 2.22. The zero-order valence-electron chi connectivity index (χ0n) is 16.9. The van der Waals surface area contributed by atoms with Gasteiger partial charge in [-0.2, -0.15) is 0 Å². The maximum Gasteiger partial charge on any atom is 0.263 e. The number of hydrogen-bond donors (Lipinski definition) is 0. The largest absolute Gasteiger partial charge is 0.492 e. The lowest BCUT2D eigenvalue weighted by molar-refractivity contribution is 0.183. The Labute approximate surface area is 179 Å². The van der Waals surface area contributed by atoms with E-state index in [1.807, 2.05) is 31.2 Å². The van der Waals surface area contributed by atoms with E-state index in [0.29, 0.717) is 19.8 Å². The standard InChI is InChI=1S/C22H26N2O3S2/c1-15-7-3-5-9-17(15)27-13-14-28-22-23-20-19(21(25)24(22)11-12-26-2)16-8-4-6-10-18(16)29-20/h3,5,7,9H,4,6,8,10-14H2,1-2H3. The monoisotopic (exact) mass is 430 g/mol. The van der Waals surface area contributed by atoms with Crippen LogP contribution in [0.3, 0.4) is 0 Å². The minimum atomic E-state index is 0.0776. The van der Waals surface area contributed by atoms with Crippen molar-refractivity contribution < 1.29 is 9.47 Å². The fraction of sp³-hybridized carbons (Fsp3) is 0.455. The first-order valence-corrected chi connectivity index (χ1v) is 11.8. The van der Waals surface area contributed by atoms with Gasteiger partial charge in [0.2, 0.25) is 0 Å². The predicted molar refractivity (Wildman–Crippen MR) is 120 cm³/mol. The van der Waals surface area contributed by atoms with Crippen molar-refractivity contribution in [2.75, 3.05) is 26.1 Å². The Morgan fingerprint density at radius 1 is 1.21 bits per heavy atom. The SMILES string of the molecule is COCCn1c(SCCOc2ccccc2C)nc2sc3c(c2c1=O)CCCC3. The number of benzene rings is 1. The summed E-state index contributed by atoms with van der Waals surface area (Å²) in [6.07, 6.45) is 4.42. The van der Waals surface area contributed by atoms with Crippen molar-refractivity contribution in [2.45, 2.75) is 44.3 Å². The Bertz CT molecular complexity index is 1060. The van der Waals surface area contributed by atoms with Gasteiger partial charge >= 0.3 is 0 Å². The molecule has 0 amide bonds. The minimum absolute atomic E-state index is 0.0776. The van der Waals surface area contributed by atoms with E-state index in [-0.39, 0.29) is 5.56 Å². The van der Waals surface area contributed by atoms with Crippen LogP contribution in [0.4, 0.5) is 0 Å². The molecular formula is C22H26N2O3S2.